The monoisotopic (exact) mass is 235 g/mol. The third-order valence-electron chi connectivity index (χ3n) is 2.82. The van der Waals surface area contributed by atoms with Crippen molar-refractivity contribution in [1.82, 2.24) is 4.90 Å². The van der Waals surface area contributed by atoms with Gasteiger partial charge in [0.1, 0.15) is 8.11 Å². The number of hydrogen-bond acceptors (Lipinski definition) is 1. The first-order valence-electron chi connectivity index (χ1n) is 5.98. The van der Waals surface area contributed by atoms with Crippen LogP contribution in [0.15, 0.2) is 0 Å². The first-order chi connectivity index (χ1) is 6.61. The Kier molecular flexibility index (Phi) is 9.04. The predicted molar refractivity (Wildman–Crippen MR) is 69.9 cm³/mol. The van der Waals surface area contributed by atoms with Crippen molar-refractivity contribution in [3.8, 4) is 0 Å². The van der Waals surface area contributed by atoms with Crippen molar-refractivity contribution in [2.45, 2.75) is 52.1 Å². The normalized spacial score (nSPS) is 13.9. The Balaban J connectivity index is 3.36. The molecule has 0 aromatic heterocycles. The second kappa shape index (κ2) is 8.75. The molecule has 0 aliphatic rings. The summed E-state index contributed by atoms with van der Waals surface area (Å²) in [5.41, 5.74) is 0.755. The largest absolute Gasteiger partial charge is 0.304 e. The zero-order chi connectivity index (χ0) is 11.0. The number of unbranched alkanes of at least 4 members (excludes halogenated alkanes) is 1. The molecule has 14 heavy (non-hydrogen) atoms. The molecule has 0 rings (SSSR count). The predicted octanol–water partition coefficient (Wildman–Crippen LogP) is 3.48. The summed E-state index contributed by atoms with van der Waals surface area (Å²) in [5, 5.41) is 0. The van der Waals surface area contributed by atoms with Gasteiger partial charge in [-0.2, -0.15) is 11.1 Å². The lowest BCUT2D eigenvalue weighted by Gasteiger charge is -2.18. The molecule has 0 amide bonds. The molecule has 0 N–H and O–H groups in total. The highest BCUT2D eigenvalue weighted by molar-refractivity contribution is 7.07. The topological polar surface area (TPSA) is 3.24 Å². The highest BCUT2D eigenvalue weighted by atomic mass is 35.6. The lowest BCUT2D eigenvalue weighted by Crippen LogP contribution is -2.24. The van der Waals surface area contributed by atoms with Crippen LogP contribution < -0.4 is 0 Å². The van der Waals surface area contributed by atoms with Crippen molar-refractivity contribution in [2.24, 2.45) is 0 Å². The summed E-state index contributed by atoms with van der Waals surface area (Å²) in [5.74, 6) is 0. The minimum absolute atomic E-state index is 0.755. The minimum atomic E-state index is -0.903. The number of hydrogen-bond donors (Lipinski definition) is 0. The molecule has 0 aromatic rings. The number of rotatable bonds is 8. The molecule has 0 radical (unpaired) electrons. The molecule has 0 aliphatic heterocycles. The molecule has 0 fully saturated rings. The third kappa shape index (κ3) is 6.85. The van der Waals surface area contributed by atoms with E-state index >= 15 is 0 Å². The Hall–Kier alpha value is 0.467. The fraction of sp³-hybridized carbons (Fsp3) is 1.00. The second-order valence-electron chi connectivity index (χ2n) is 4.28. The third-order valence-corrected chi connectivity index (χ3v) is 7.40. The summed E-state index contributed by atoms with van der Waals surface area (Å²) in [7, 11) is -0.903. The van der Waals surface area contributed by atoms with Crippen LogP contribution in [0, 0.1) is 0 Å². The van der Waals surface area contributed by atoms with Gasteiger partial charge < -0.3 is 4.90 Å². The van der Waals surface area contributed by atoms with Crippen LogP contribution in [-0.2, 0) is 0 Å². The maximum Gasteiger partial charge on any atom is 0.143 e. The van der Waals surface area contributed by atoms with E-state index in [4.69, 9.17) is 11.1 Å². The van der Waals surface area contributed by atoms with Crippen LogP contribution in [0.2, 0.25) is 11.6 Å². The Labute approximate surface area is 96.1 Å². The first kappa shape index (κ1) is 14.5. The van der Waals surface area contributed by atoms with Crippen LogP contribution in [0.1, 0.15) is 40.5 Å². The molecular weight excluding hydrogens is 210 g/mol. The van der Waals surface area contributed by atoms with Crippen molar-refractivity contribution < 1.29 is 0 Å². The van der Waals surface area contributed by atoms with Crippen LogP contribution in [0.25, 0.3) is 0 Å². The van der Waals surface area contributed by atoms with Crippen LogP contribution in [0.4, 0.5) is 0 Å². The summed E-state index contributed by atoms with van der Waals surface area (Å²) in [6, 6.07) is 1.31. The molecule has 0 saturated heterocycles. The molecular formula is C11H26ClNSi. The molecule has 86 valence electrons. The zero-order valence-corrected chi connectivity index (χ0v) is 12.1. The van der Waals surface area contributed by atoms with Gasteiger partial charge in [0.15, 0.2) is 0 Å². The molecule has 0 heterocycles. The second-order valence-corrected chi connectivity index (χ2v) is 8.91. The van der Waals surface area contributed by atoms with Crippen molar-refractivity contribution in [3.63, 3.8) is 0 Å². The quantitative estimate of drug-likeness (QED) is 0.354. The number of halogens is 1. The standard InChI is InChI=1S/C11H26ClNSi/c1-5-13(6-2)9-7-8-10-14(12)11(3)4/h11,14H,5-10H2,1-4H3. The van der Waals surface area contributed by atoms with E-state index in [1.807, 2.05) is 0 Å². The zero-order valence-electron chi connectivity index (χ0n) is 10.2. The van der Waals surface area contributed by atoms with E-state index in [2.05, 4.69) is 32.6 Å². The molecule has 0 spiro atoms. The Morgan fingerprint density at radius 3 is 2.14 bits per heavy atom. The van der Waals surface area contributed by atoms with E-state index in [-0.39, 0.29) is 0 Å². The number of nitrogens with zero attached hydrogens (tertiary/aromatic N) is 1. The lowest BCUT2D eigenvalue weighted by molar-refractivity contribution is 0.298. The molecule has 0 aliphatic carbocycles. The first-order valence-corrected chi connectivity index (χ1v) is 9.21. The van der Waals surface area contributed by atoms with Crippen LogP contribution in [0.3, 0.4) is 0 Å². The minimum Gasteiger partial charge on any atom is -0.304 e. The summed E-state index contributed by atoms with van der Waals surface area (Å²) < 4.78 is 0. The van der Waals surface area contributed by atoms with Crippen LogP contribution in [0.5, 0.6) is 0 Å². The van der Waals surface area contributed by atoms with Gasteiger partial charge in [-0.1, -0.05) is 34.1 Å². The van der Waals surface area contributed by atoms with Gasteiger partial charge in [0.05, 0.1) is 0 Å². The molecule has 0 aromatic carbocycles. The summed E-state index contributed by atoms with van der Waals surface area (Å²) in [6.07, 6.45) is 2.65. The summed E-state index contributed by atoms with van der Waals surface area (Å²) in [6.45, 7) is 12.6. The van der Waals surface area contributed by atoms with E-state index in [0.29, 0.717) is 0 Å². The Bertz CT molecular complexity index is 122. The Morgan fingerprint density at radius 1 is 1.14 bits per heavy atom. The molecule has 0 bridgehead atoms. The van der Waals surface area contributed by atoms with Crippen LogP contribution in [-0.4, -0.2) is 32.6 Å². The summed E-state index contributed by atoms with van der Waals surface area (Å²) >= 11 is 6.32. The molecule has 1 atom stereocenters. The van der Waals surface area contributed by atoms with E-state index < -0.39 is 8.11 Å². The van der Waals surface area contributed by atoms with E-state index in [1.165, 1.54) is 38.5 Å². The maximum atomic E-state index is 6.32. The van der Waals surface area contributed by atoms with Crippen molar-refractivity contribution >= 4 is 19.2 Å². The molecule has 1 unspecified atom stereocenters. The van der Waals surface area contributed by atoms with E-state index in [9.17, 15) is 0 Å². The van der Waals surface area contributed by atoms with Crippen molar-refractivity contribution in [1.29, 1.82) is 0 Å². The lowest BCUT2D eigenvalue weighted by atomic mass is 10.3. The van der Waals surface area contributed by atoms with Gasteiger partial charge in [0, 0.05) is 0 Å². The van der Waals surface area contributed by atoms with Crippen molar-refractivity contribution in [3.05, 3.63) is 0 Å². The smallest absolute Gasteiger partial charge is 0.143 e. The van der Waals surface area contributed by atoms with Gasteiger partial charge in [-0.3, -0.25) is 0 Å². The van der Waals surface area contributed by atoms with Gasteiger partial charge in [-0.25, -0.2) is 0 Å². The van der Waals surface area contributed by atoms with Gasteiger partial charge >= 0.3 is 0 Å². The average molecular weight is 236 g/mol. The van der Waals surface area contributed by atoms with Gasteiger partial charge in [-0.05, 0) is 37.6 Å². The highest BCUT2D eigenvalue weighted by Crippen LogP contribution is 2.17. The maximum absolute atomic E-state index is 6.32. The average Bonchev–Trinajstić information content (AvgIpc) is 2.17. The van der Waals surface area contributed by atoms with E-state index in [1.54, 1.807) is 0 Å². The molecule has 1 nitrogen and oxygen atoms in total. The highest BCUT2D eigenvalue weighted by Gasteiger charge is 2.11. The fourth-order valence-electron chi connectivity index (χ4n) is 1.55. The van der Waals surface area contributed by atoms with Gasteiger partial charge in [-0.15, -0.1) is 0 Å². The SMILES string of the molecule is CCN(CC)CCCC[SiH](Cl)C(C)C. The van der Waals surface area contributed by atoms with Gasteiger partial charge in [0.2, 0.25) is 0 Å². The van der Waals surface area contributed by atoms with E-state index in [0.717, 1.165) is 5.54 Å². The summed E-state index contributed by atoms with van der Waals surface area (Å²) in [4.78, 5) is 2.49. The molecule has 3 heteroatoms. The van der Waals surface area contributed by atoms with Gasteiger partial charge in [0.25, 0.3) is 0 Å². The fourth-order valence-corrected chi connectivity index (χ4v) is 3.36. The van der Waals surface area contributed by atoms with Crippen LogP contribution >= 0.6 is 11.1 Å². The van der Waals surface area contributed by atoms with Crippen molar-refractivity contribution in [2.75, 3.05) is 19.6 Å². The molecule has 0 saturated carbocycles. The Morgan fingerprint density at radius 2 is 1.71 bits per heavy atom.